The van der Waals surface area contributed by atoms with Crippen molar-refractivity contribution in [1.82, 2.24) is 9.97 Å². The van der Waals surface area contributed by atoms with Gasteiger partial charge in [0.15, 0.2) is 16.7 Å². The molecule has 0 aliphatic carbocycles. The van der Waals surface area contributed by atoms with Gasteiger partial charge >= 0.3 is 0 Å². The van der Waals surface area contributed by atoms with Crippen LogP contribution in [0.5, 0.6) is 11.5 Å². The summed E-state index contributed by atoms with van der Waals surface area (Å²) in [4.78, 5) is 9.04. The maximum Gasteiger partial charge on any atom is 0.189 e. The number of rotatable bonds is 10. The van der Waals surface area contributed by atoms with E-state index in [1.54, 1.807) is 20.3 Å². The number of hydrogen-bond donors (Lipinski definition) is 1. The average molecular weight is 403 g/mol. The monoisotopic (exact) mass is 402 g/mol. The van der Waals surface area contributed by atoms with Crippen molar-refractivity contribution in [3.05, 3.63) is 23.8 Å². The van der Waals surface area contributed by atoms with Crippen LogP contribution in [-0.2, 0) is 4.74 Å². The summed E-state index contributed by atoms with van der Waals surface area (Å²) in [5.41, 5.74) is 1.72. The van der Waals surface area contributed by atoms with Gasteiger partial charge in [0.2, 0.25) is 0 Å². The summed E-state index contributed by atoms with van der Waals surface area (Å²) in [6.45, 7) is 5.31. The molecular weight excluding hydrogens is 376 g/mol. The zero-order valence-corrected chi connectivity index (χ0v) is 17.7. The van der Waals surface area contributed by atoms with Crippen molar-refractivity contribution in [2.75, 3.05) is 38.9 Å². The Labute approximate surface area is 170 Å². The highest BCUT2D eigenvalue weighted by atomic mass is 32.2. The molecule has 28 heavy (non-hydrogen) atoms. The standard InChI is InChI=1S/C20H26N4O3S/c1-13(2)27-10-6-9-22-19-15(12-21)18(23-20(24-19)28-5)14-7-8-16(25-3)17(11-14)26-4/h7-8,11,13H,6,9-10H2,1-5H3,(H,22,23,24). The number of hydrogen-bond acceptors (Lipinski definition) is 8. The molecule has 1 heterocycles. The van der Waals surface area contributed by atoms with Crippen molar-refractivity contribution < 1.29 is 14.2 Å². The van der Waals surface area contributed by atoms with Crippen LogP contribution in [-0.4, -0.2) is 49.7 Å². The van der Waals surface area contributed by atoms with E-state index in [0.717, 1.165) is 12.0 Å². The van der Waals surface area contributed by atoms with Crippen molar-refractivity contribution in [3.8, 4) is 28.8 Å². The van der Waals surface area contributed by atoms with E-state index in [9.17, 15) is 5.26 Å². The maximum atomic E-state index is 9.77. The Hall–Kier alpha value is -2.50. The van der Waals surface area contributed by atoms with Gasteiger partial charge < -0.3 is 19.5 Å². The molecule has 0 saturated carbocycles. The summed E-state index contributed by atoms with van der Waals surface area (Å²) in [5.74, 6) is 1.72. The number of anilines is 1. The Bertz CT molecular complexity index is 837. The lowest BCUT2D eigenvalue weighted by Gasteiger charge is -2.14. The number of benzene rings is 1. The van der Waals surface area contributed by atoms with Crippen molar-refractivity contribution in [1.29, 1.82) is 5.26 Å². The van der Waals surface area contributed by atoms with Crippen LogP contribution in [0.1, 0.15) is 25.8 Å². The molecule has 0 saturated heterocycles. The molecule has 1 aromatic heterocycles. The van der Waals surface area contributed by atoms with Gasteiger partial charge in [0.25, 0.3) is 0 Å². The highest BCUT2D eigenvalue weighted by Gasteiger charge is 2.17. The van der Waals surface area contributed by atoms with Crippen LogP contribution in [0.2, 0.25) is 0 Å². The molecule has 150 valence electrons. The molecule has 0 bridgehead atoms. The van der Waals surface area contributed by atoms with Crippen molar-refractivity contribution >= 4 is 17.6 Å². The Morgan fingerprint density at radius 2 is 1.93 bits per heavy atom. The van der Waals surface area contributed by atoms with E-state index in [1.807, 2.05) is 32.2 Å². The number of thioether (sulfide) groups is 1. The van der Waals surface area contributed by atoms with E-state index in [1.165, 1.54) is 11.8 Å². The Balaban J connectivity index is 2.35. The van der Waals surface area contributed by atoms with Gasteiger partial charge in [0, 0.05) is 18.7 Å². The predicted octanol–water partition coefficient (Wildman–Crippen LogP) is 3.98. The molecule has 0 unspecified atom stereocenters. The van der Waals surface area contributed by atoms with Crippen molar-refractivity contribution in [2.45, 2.75) is 31.5 Å². The van der Waals surface area contributed by atoms with Crippen LogP contribution < -0.4 is 14.8 Å². The fourth-order valence-corrected chi connectivity index (χ4v) is 2.92. The number of nitrogens with zero attached hydrogens (tertiary/aromatic N) is 3. The molecule has 1 aromatic carbocycles. The van der Waals surface area contributed by atoms with Crippen LogP contribution in [0.15, 0.2) is 23.4 Å². The second-order valence-corrected chi connectivity index (χ2v) is 6.94. The van der Waals surface area contributed by atoms with E-state index in [2.05, 4.69) is 21.4 Å². The summed E-state index contributed by atoms with van der Waals surface area (Å²) in [6, 6.07) is 7.71. The molecule has 8 heteroatoms. The van der Waals surface area contributed by atoms with E-state index in [0.29, 0.717) is 46.9 Å². The van der Waals surface area contributed by atoms with Gasteiger partial charge in [-0.15, -0.1) is 0 Å². The molecule has 1 N–H and O–H groups in total. The summed E-state index contributed by atoms with van der Waals surface area (Å²) >= 11 is 1.42. The SMILES string of the molecule is COc1ccc(-c2nc(SC)nc(NCCCOC(C)C)c2C#N)cc1OC. The number of ether oxygens (including phenoxy) is 3. The Morgan fingerprint density at radius 3 is 2.54 bits per heavy atom. The number of nitrogens with one attached hydrogen (secondary N) is 1. The first-order valence-electron chi connectivity index (χ1n) is 8.98. The van der Waals surface area contributed by atoms with Gasteiger partial charge in [-0.1, -0.05) is 11.8 Å². The smallest absolute Gasteiger partial charge is 0.189 e. The molecule has 0 radical (unpaired) electrons. The van der Waals surface area contributed by atoms with E-state index < -0.39 is 0 Å². The lowest BCUT2D eigenvalue weighted by Crippen LogP contribution is -2.12. The normalized spacial score (nSPS) is 10.6. The molecule has 2 rings (SSSR count). The molecule has 0 amide bonds. The minimum absolute atomic E-state index is 0.202. The van der Waals surface area contributed by atoms with Gasteiger partial charge in [-0.05, 0) is 44.7 Å². The van der Waals surface area contributed by atoms with Gasteiger partial charge in [-0.2, -0.15) is 5.26 Å². The lowest BCUT2D eigenvalue weighted by atomic mass is 10.1. The first kappa shape index (κ1) is 21.8. The third kappa shape index (κ3) is 5.50. The fraction of sp³-hybridized carbons (Fsp3) is 0.450. The molecule has 7 nitrogen and oxygen atoms in total. The summed E-state index contributed by atoms with van der Waals surface area (Å²) in [5, 5.41) is 13.6. The summed E-state index contributed by atoms with van der Waals surface area (Å²) in [6.07, 6.45) is 2.92. The molecule has 0 spiro atoms. The number of nitriles is 1. The molecule has 0 atom stereocenters. The summed E-state index contributed by atoms with van der Waals surface area (Å²) in [7, 11) is 3.16. The molecule has 0 fully saturated rings. The topological polar surface area (TPSA) is 89.3 Å². The van der Waals surface area contributed by atoms with Crippen LogP contribution in [0.3, 0.4) is 0 Å². The van der Waals surface area contributed by atoms with Gasteiger partial charge in [0.1, 0.15) is 17.5 Å². The predicted molar refractivity (Wildman–Crippen MR) is 111 cm³/mol. The lowest BCUT2D eigenvalue weighted by molar-refractivity contribution is 0.0787. The summed E-state index contributed by atoms with van der Waals surface area (Å²) < 4.78 is 16.2. The second-order valence-electron chi connectivity index (χ2n) is 6.16. The van der Waals surface area contributed by atoms with Crippen LogP contribution in [0.25, 0.3) is 11.3 Å². The highest BCUT2D eigenvalue weighted by Crippen LogP contribution is 2.34. The highest BCUT2D eigenvalue weighted by molar-refractivity contribution is 7.98. The van der Waals surface area contributed by atoms with Crippen LogP contribution >= 0.6 is 11.8 Å². The van der Waals surface area contributed by atoms with Gasteiger partial charge in [0.05, 0.1) is 26.0 Å². The van der Waals surface area contributed by atoms with Crippen molar-refractivity contribution in [3.63, 3.8) is 0 Å². The zero-order valence-electron chi connectivity index (χ0n) is 16.9. The van der Waals surface area contributed by atoms with Crippen LogP contribution in [0, 0.1) is 11.3 Å². The third-order valence-corrected chi connectivity index (χ3v) is 4.45. The first-order valence-corrected chi connectivity index (χ1v) is 10.2. The van der Waals surface area contributed by atoms with Crippen molar-refractivity contribution in [2.24, 2.45) is 0 Å². The molecule has 2 aromatic rings. The largest absolute Gasteiger partial charge is 0.493 e. The van der Waals surface area contributed by atoms with E-state index >= 15 is 0 Å². The number of aromatic nitrogens is 2. The average Bonchev–Trinajstić information content (AvgIpc) is 2.71. The maximum absolute atomic E-state index is 9.77. The fourth-order valence-electron chi connectivity index (χ4n) is 2.56. The third-order valence-electron chi connectivity index (χ3n) is 3.90. The molecule has 0 aliphatic rings. The quantitative estimate of drug-likeness (QED) is 0.363. The Morgan fingerprint density at radius 1 is 1.18 bits per heavy atom. The van der Waals surface area contributed by atoms with E-state index in [-0.39, 0.29) is 6.10 Å². The Kier molecular flexibility index (Phi) is 8.36. The molecule has 0 aliphatic heterocycles. The van der Waals surface area contributed by atoms with Crippen LogP contribution in [0.4, 0.5) is 5.82 Å². The molecular formula is C20H26N4O3S. The minimum Gasteiger partial charge on any atom is -0.493 e. The second kappa shape index (κ2) is 10.7. The first-order chi connectivity index (χ1) is 13.5. The zero-order chi connectivity index (χ0) is 20.5. The van der Waals surface area contributed by atoms with E-state index in [4.69, 9.17) is 14.2 Å². The minimum atomic E-state index is 0.202. The number of methoxy groups -OCH3 is 2. The van der Waals surface area contributed by atoms with Gasteiger partial charge in [-0.25, -0.2) is 9.97 Å². The van der Waals surface area contributed by atoms with Gasteiger partial charge in [-0.3, -0.25) is 0 Å².